The molecule has 68 valence electrons. The van der Waals surface area contributed by atoms with E-state index < -0.39 is 6.10 Å². The second-order valence-corrected chi connectivity index (χ2v) is 3.54. The maximum absolute atomic E-state index is 12.8. The summed E-state index contributed by atoms with van der Waals surface area (Å²) in [6, 6.07) is 4.24. The molecule has 0 spiro atoms. The first kappa shape index (κ1) is 10.2. The van der Waals surface area contributed by atoms with Crippen molar-refractivity contribution in [1.29, 1.82) is 0 Å². The monoisotopic (exact) mass is 242 g/mol. The molecule has 0 aliphatic heterocycles. The minimum atomic E-state index is -0.794. The minimum absolute atomic E-state index is 0.190. The van der Waals surface area contributed by atoms with Crippen LogP contribution in [0.5, 0.6) is 0 Å². The van der Waals surface area contributed by atoms with Gasteiger partial charge < -0.3 is 5.11 Å². The van der Waals surface area contributed by atoms with E-state index in [1.807, 2.05) is 0 Å². The van der Waals surface area contributed by atoms with Gasteiger partial charge in [-0.25, -0.2) is 4.39 Å². The molecule has 0 aromatic heterocycles. The molecule has 0 saturated heterocycles. The third-order valence-corrected chi connectivity index (χ3v) is 2.04. The molecule has 1 rings (SSSR count). The van der Waals surface area contributed by atoms with E-state index in [0.717, 1.165) is 0 Å². The van der Waals surface area contributed by atoms with Gasteiger partial charge in [-0.1, -0.05) is 15.9 Å². The fourth-order valence-electron chi connectivity index (χ4n) is 0.997. The Kier molecular flexibility index (Phi) is 3.47. The van der Waals surface area contributed by atoms with Gasteiger partial charge in [0.25, 0.3) is 0 Å². The zero-order chi connectivity index (χ0) is 9.84. The van der Waals surface area contributed by atoms with Gasteiger partial charge in [-0.3, -0.25) is 0 Å². The predicted molar refractivity (Wildman–Crippen MR) is 52.5 cm³/mol. The number of hydrogen-bond donors (Lipinski definition) is 1. The Morgan fingerprint density at radius 3 is 2.77 bits per heavy atom. The fourth-order valence-corrected chi connectivity index (χ4v) is 1.48. The normalized spacial score (nSPS) is 12.2. The molecule has 0 heterocycles. The number of terminal acetylenes is 1. The molecule has 3 heteroatoms. The lowest BCUT2D eigenvalue weighted by molar-refractivity contribution is 0.183. The Morgan fingerprint density at radius 2 is 2.23 bits per heavy atom. The number of benzene rings is 1. The molecule has 0 aliphatic carbocycles. The van der Waals surface area contributed by atoms with Gasteiger partial charge in [0.1, 0.15) is 5.82 Å². The maximum Gasteiger partial charge on any atom is 0.124 e. The van der Waals surface area contributed by atoms with E-state index in [-0.39, 0.29) is 12.2 Å². The molecule has 0 saturated carbocycles. The van der Waals surface area contributed by atoms with E-state index >= 15 is 0 Å². The van der Waals surface area contributed by atoms with Crippen molar-refractivity contribution in [1.82, 2.24) is 0 Å². The van der Waals surface area contributed by atoms with Crippen LogP contribution in [0.4, 0.5) is 4.39 Å². The summed E-state index contributed by atoms with van der Waals surface area (Å²) in [5.41, 5.74) is 0.491. The summed E-state index contributed by atoms with van der Waals surface area (Å²) < 4.78 is 13.4. The highest BCUT2D eigenvalue weighted by Crippen LogP contribution is 2.21. The number of halogens is 2. The quantitative estimate of drug-likeness (QED) is 0.791. The first-order chi connectivity index (χ1) is 6.13. The molecular weight excluding hydrogens is 235 g/mol. The topological polar surface area (TPSA) is 20.2 Å². The molecule has 0 amide bonds. The lowest BCUT2D eigenvalue weighted by Crippen LogP contribution is -1.96. The van der Waals surface area contributed by atoms with Crippen molar-refractivity contribution in [2.75, 3.05) is 0 Å². The van der Waals surface area contributed by atoms with Crippen molar-refractivity contribution in [3.63, 3.8) is 0 Å². The number of hydrogen-bond acceptors (Lipinski definition) is 1. The van der Waals surface area contributed by atoms with Gasteiger partial charge in [-0.2, -0.15) is 0 Å². The molecule has 1 N–H and O–H groups in total. The zero-order valence-electron chi connectivity index (χ0n) is 6.80. The second kappa shape index (κ2) is 4.40. The summed E-state index contributed by atoms with van der Waals surface area (Å²) in [6.07, 6.45) is 4.42. The number of aliphatic hydroxyl groups is 1. The average Bonchev–Trinajstić information content (AvgIpc) is 2.03. The fraction of sp³-hybridized carbons (Fsp3) is 0.200. The van der Waals surface area contributed by atoms with Gasteiger partial charge in [-0.05, 0) is 23.8 Å². The molecular formula is C10H8BrFO. The summed E-state index contributed by atoms with van der Waals surface area (Å²) in [4.78, 5) is 0. The van der Waals surface area contributed by atoms with Crippen molar-refractivity contribution in [2.45, 2.75) is 12.5 Å². The third kappa shape index (κ3) is 2.83. The van der Waals surface area contributed by atoms with Gasteiger partial charge in [-0.15, -0.1) is 12.3 Å². The van der Waals surface area contributed by atoms with Crippen LogP contribution in [0, 0.1) is 18.2 Å². The van der Waals surface area contributed by atoms with Crippen LogP contribution in [-0.2, 0) is 0 Å². The Morgan fingerprint density at radius 1 is 1.54 bits per heavy atom. The Hall–Kier alpha value is -0.850. The number of rotatable bonds is 2. The van der Waals surface area contributed by atoms with Crippen molar-refractivity contribution in [3.05, 3.63) is 34.1 Å². The molecule has 1 nitrogen and oxygen atoms in total. The van der Waals surface area contributed by atoms with E-state index in [4.69, 9.17) is 6.42 Å². The summed E-state index contributed by atoms with van der Waals surface area (Å²) >= 11 is 3.13. The highest BCUT2D eigenvalue weighted by atomic mass is 79.9. The van der Waals surface area contributed by atoms with Gasteiger partial charge in [0.05, 0.1) is 6.10 Å². The van der Waals surface area contributed by atoms with E-state index in [1.54, 1.807) is 6.07 Å². The van der Waals surface area contributed by atoms with Crippen LogP contribution in [0.2, 0.25) is 0 Å². The van der Waals surface area contributed by atoms with Gasteiger partial charge in [0, 0.05) is 10.9 Å². The smallest absolute Gasteiger partial charge is 0.124 e. The van der Waals surface area contributed by atoms with Gasteiger partial charge >= 0.3 is 0 Å². The van der Waals surface area contributed by atoms with Crippen LogP contribution in [0.15, 0.2) is 22.7 Å². The summed E-state index contributed by atoms with van der Waals surface area (Å²) in [5.74, 6) is 1.93. The highest BCUT2D eigenvalue weighted by molar-refractivity contribution is 9.10. The third-order valence-electron chi connectivity index (χ3n) is 1.58. The maximum atomic E-state index is 12.8. The summed E-state index contributed by atoms with van der Waals surface area (Å²) in [7, 11) is 0. The molecule has 1 aromatic carbocycles. The Bertz CT molecular complexity index is 323. The van der Waals surface area contributed by atoms with E-state index in [0.29, 0.717) is 10.0 Å². The summed E-state index contributed by atoms with van der Waals surface area (Å²) in [6.45, 7) is 0. The average molecular weight is 243 g/mol. The minimum Gasteiger partial charge on any atom is -0.387 e. The molecule has 0 radical (unpaired) electrons. The summed E-state index contributed by atoms with van der Waals surface area (Å²) in [5, 5.41) is 9.44. The van der Waals surface area contributed by atoms with E-state index in [9.17, 15) is 9.50 Å². The second-order valence-electron chi connectivity index (χ2n) is 2.63. The van der Waals surface area contributed by atoms with Crippen LogP contribution in [0.3, 0.4) is 0 Å². The van der Waals surface area contributed by atoms with Gasteiger partial charge in [0.15, 0.2) is 0 Å². The standard InChI is InChI=1S/C10H8BrFO/c1-2-3-10(13)7-4-8(11)6-9(12)5-7/h1,4-6,10,13H,3H2. The van der Waals surface area contributed by atoms with Crippen LogP contribution >= 0.6 is 15.9 Å². The van der Waals surface area contributed by atoms with Crippen LogP contribution in [0.1, 0.15) is 18.1 Å². The van der Waals surface area contributed by atoms with Crippen LogP contribution in [-0.4, -0.2) is 5.11 Å². The molecule has 1 atom stereocenters. The molecule has 0 bridgehead atoms. The molecule has 1 aromatic rings. The van der Waals surface area contributed by atoms with Crippen LogP contribution in [0.25, 0.3) is 0 Å². The zero-order valence-corrected chi connectivity index (χ0v) is 8.38. The van der Waals surface area contributed by atoms with Gasteiger partial charge in [0.2, 0.25) is 0 Å². The molecule has 0 aliphatic rings. The largest absolute Gasteiger partial charge is 0.387 e. The molecule has 0 fully saturated rings. The first-order valence-corrected chi connectivity index (χ1v) is 4.50. The first-order valence-electron chi connectivity index (χ1n) is 3.71. The molecule has 13 heavy (non-hydrogen) atoms. The lowest BCUT2D eigenvalue weighted by Gasteiger charge is -2.07. The van der Waals surface area contributed by atoms with Crippen molar-refractivity contribution in [2.24, 2.45) is 0 Å². The predicted octanol–water partition coefficient (Wildman–Crippen LogP) is 2.64. The van der Waals surface area contributed by atoms with E-state index in [2.05, 4.69) is 21.9 Å². The van der Waals surface area contributed by atoms with Crippen molar-refractivity contribution < 1.29 is 9.50 Å². The number of aliphatic hydroxyl groups excluding tert-OH is 1. The van der Waals surface area contributed by atoms with Crippen LogP contribution < -0.4 is 0 Å². The molecule has 1 unspecified atom stereocenters. The highest BCUT2D eigenvalue weighted by Gasteiger charge is 2.07. The Balaban J connectivity index is 2.95. The Labute approximate surface area is 84.7 Å². The SMILES string of the molecule is C#CCC(O)c1cc(F)cc(Br)c1. The van der Waals surface area contributed by atoms with E-state index in [1.165, 1.54) is 12.1 Å². The lowest BCUT2D eigenvalue weighted by atomic mass is 10.1. The van der Waals surface area contributed by atoms with Crippen molar-refractivity contribution >= 4 is 15.9 Å². The van der Waals surface area contributed by atoms with Crippen molar-refractivity contribution in [3.8, 4) is 12.3 Å².